The Morgan fingerprint density at radius 1 is 1.19 bits per heavy atom. The van der Waals surface area contributed by atoms with Gasteiger partial charge in [0.1, 0.15) is 11.5 Å². The summed E-state index contributed by atoms with van der Waals surface area (Å²) in [5.41, 5.74) is 1.50. The van der Waals surface area contributed by atoms with E-state index in [1.807, 2.05) is 43.3 Å². The number of carbonyl (C=O) groups is 1. The molecule has 5 heteroatoms. The summed E-state index contributed by atoms with van der Waals surface area (Å²) in [5, 5.41) is 11.3. The topological polar surface area (TPSA) is 71.3 Å². The molecular formula is C21H22N2O3. The molecule has 0 saturated carbocycles. The molecule has 2 aromatic rings. The lowest BCUT2D eigenvalue weighted by molar-refractivity contribution is -0.111. The van der Waals surface area contributed by atoms with E-state index in [1.54, 1.807) is 18.2 Å². The molecule has 0 heterocycles. The third kappa shape index (κ3) is 6.33. The molecule has 0 aliphatic carbocycles. The van der Waals surface area contributed by atoms with Crippen molar-refractivity contribution in [1.82, 2.24) is 0 Å². The van der Waals surface area contributed by atoms with E-state index >= 15 is 0 Å². The van der Waals surface area contributed by atoms with E-state index in [-0.39, 0.29) is 5.91 Å². The van der Waals surface area contributed by atoms with Crippen LogP contribution in [0.3, 0.4) is 0 Å². The average Bonchev–Trinajstić information content (AvgIpc) is 2.65. The van der Waals surface area contributed by atoms with Gasteiger partial charge in [-0.05, 0) is 37.6 Å². The molecule has 0 fully saturated rings. The van der Waals surface area contributed by atoms with Crippen molar-refractivity contribution < 1.29 is 14.3 Å². The average molecular weight is 350 g/mol. The predicted octanol–water partition coefficient (Wildman–Crippen LogP) is 4.42. The van der Waals surface area contributed by atoms with Crippen molar-refractivity contribution in [2.75, 3.05) is 18.5 Å². The van der Waals surface area contributed by atoms with E-state index in [4.69, 9.17) is 14.7 Å². The number of carbonyl (C=O) groups excluding carboxylic acids is 1. The maximum atomic E-state index is 12.1. The van der Waals surface area contributed by atoms with Crippen LogP contribution in [0, 0.1) is 11.3 Å². The number of anilines is 1. The van der Waals surface area contributed by atoms with E-state index in [2.05, 4.69) is 11.4 Å². The number of nitrogens with one attached hydrogen (secondary N) is 1. The minimum Gasteiger partial charge on any atom is -0.493 e. The lowest BCUT2D eigenvalue weighted by Crippen LogP contribution is -2.08. The van der Waals surface area contributed by atoms with Crippen LogP contribution in [-0.2, 0) is 4.79 Å². The van der Waals surface area contributed by atoms with Crippen LogP contribution in [0.15, 0.2) is 54.6 Å². The predicted molar refractivity (Wildman–Crippen MR) is 102 cm³/mol. The van der Waals surface area contributed by atoms with E-state index < -0.39 is 0 Å². The summed E-state index contributed by atoms with van der Waals surface area (Å²) in [6, 6.07) is 16.8. The second kappa shape index (κ2) is 10.6. The van der Waals surface area contributed by atoms with Crippen LogP contribution in [0.1, 0.15) is 25.3 Å². The Morgan fingerprint density at radius 3 is 2.85 bits per heavy atom. The Morgan fingerprint density at radius 2 is 2.04 bits per heavy atom. The fourth-order valence-electron chi connectivity index (χ4n) is 2.26. The van der Waals surface area contributed by atoms with Gasteiger partial charge < -0.3 is 14.8 Å². The molecule has 1 N–H and O–H groups in total. The lowest BCUT2D eigenvalue weighted by Gasteiger charge is -2.08. The first kappa shape index (κ1) is 19.1. The third-order valence-electron chi connectivity index (χ3n) is 3.44. The van der Waals surface area contributed by atoms with E-state index in [0.29, 0.717) is 37.5 Å². The minimum absolute atomic E-state index is 0.238. The van der Waals surface area contributed by atoms with Gasteiger partial charge in [-0.25, -0.2) is 0 Å². The quantitative estimate of drug-likeness (QED) is 0.537. The smallest absolute Gasteiger partial charge is 0.248 e. The highest BCUT2D eigenvalue weighted by Gasteiger charge is 2.02. The van der Waals surface area contributed by atoms with E-state index in [1.165, 1.54) is 6.08 Å². The molecule has 0 bridgehead atoms. The first-order valence-corrected chi connectivity index (χ1v) is 8.53. The molecule has 5 nitrogen and oxygen atoms in total. The Bertz CT molecular complexity index is 794. The Kier molecular flexibility index (Phi) is 7.75. The van der Waals surface area contributed by atoms with Gasteiger partial charge in [0.2, 0.25) is 5.91 Å². The van der Waals surface area contributed by atoms with Gasteiger partial charge in [0.05, 0.1) is 19.3 Å². The number of benzene rings is 2. The molecule has 0 saturated heterocycles. The zero-order valence-corrected chi connectivity index (χ0v) is 14.8. The second-order valence-electron chi connectivity index (χ2n) is 5.43. The van der Waals surface area contributed by atoms with Crippen molar-refractivity contribution in [2.24, 2.45) is 0 Å². The fourth-order valence-corrected chi connectivity index (χ4v) is 2.26. The minimum atomic E-state index is -0.238. The van der Waals surface area contributed by atoms with Crippen molar-refractivity contribution in [3.8, 4) is 17.6 Å². The van der Waals surface area contributed by atoms with Crippen LogP contribution in [0.5, 0.6) is 11.5 Å². The molecule has 0 aliphatic heterocycles. The number of ether oxygens (including phenoxy) is 2. The Hall–Kier alpha value is -3.26. The number of nitrogens with zero attached hydrogens (tertiary/aromatic N) is 1. The monoisotopic (exact) mass is 350 g/mol. The summed E-state index contributed by atoms with van der Waals surface area (Å²) in [7, 11) is 0. The molecule has 2 rings (SSSR count). The molecule has 1 amide bonds. The SMILES string of the molecule is CCOc1ccccc1/C=C/C(=O)Nc1cccc(OCCCC#N)c1. The Labute approximate surface area is 153 Å². The van der Waals surface area contributed by atoms with E-state index in [0.717, 1.165) is 11.3 Å². The van der Waals surface area contributed by atoms with Crippen molar-refractivity contribution in [1.29, 1.82) is 5.26 Å². The van der Waals surface area contributed by atoms with Gasteiger partial charge in [0.15, 0.2) is 0 Å². The number of amides is 1. The summed E-state index contributed by atoms with van der Waals surface area (Å²) in [5.74, 6) is 1.16. The molecule has 26 heavy (non-hydrogen) atoms. The van der Waals surface area contributed by atoms with E-state index in [9.17, 15) is 4.79 Å². The molecule has 0 radical (unpaired) electrons. The van der Waals surface area contributed by atoms with Gasteiger partial charge >= 0.3 is 0 Å². The number of nitriles is 1. The standard InChI is InChI=1S/C21H22N2O3/c1-2-25-20-11-4-3-8-17(20)12-13-21(24)23-18-9-7-10-19(16-18)26-15-6-5-14-22/h3-4,7-13,16H,2,5-6,15H2,1H3,(H,23,24)/b13-12+. The molecule has 0 aliphatic rings. The molecule has 0 unspecified atom stereocenters. The maximum Gasteiger partial charge on any atom is 0.248 e. The first-order valence-electron chi connectivity index (χ1n) is 8.53. The number of hydrogen-bond acceptors (Lipinski definition) is 4. The molecule has 0 aromatic heterocycles. The normalized spacial score (nSPS) is 10.3. The molecular weight excluding hydrogens is 328 g/mol. The fraction of sp³-hybridized carbons (Fsp3) is 0.238. The van der Waals surface area contributed by atoms with Gasteiger partial charge in [0, 0.05) is 29.8 Å². The van der Waals surface area contributed by atoms with Crippen molar-refractivity contribution >= 4 is 17.7 Å². The largest absolute Gasteiger partial charge is 0.493 e. The summed E-state index contributed by atoms with van der Waals surface area (Å²) < 4.78 is 11.1. The maximum absolute atomic E-state index is 12.1. The van der Waals surface area contributed by atoms with Crippen molar-refractivity contribution in [3.05, 3.63) is 60.2 Å². The van der Waals surface area contributed by atoms with Gasteiger partial charge in [0.25, 0.3) is 0 Å². The molecule has 134 valence electrons. The van der Waals surface area contributed by atoms with Gasteiger partial charge in [-0.3, -0.25) is 4.79 Å². The highest BCUT2D eigenvalue weighted by atomic mass is 16.5. The zero-order chi connectivity index (χ0) is 18.6. The first-order chi connectivity index (χ1) is 12.7. The Balaban J connectivity index is 1.94. The summed E-state index contributed by atoms with van der Waals surface area (Å²) >= 11 is 0. The van der Waals surface area contributed by atoms with Gasteiger partial charge in [-0.2, -0.15) is 5.26 Å². The zero-order valence-electron chi connectivity index (χ0n) is 14.8. The number of para-hydroxylation sites is 1. The number of unbranched alkanes of at least 4 members (excludes halogenated alkanes) is 1. The van der Waals surface area contributed by atoms with Crippen LogP contribution in [0.2, 0.25) is 0 Å². The number of hydrogen-bond donors (Lipinski definition) is 1. The van der Waals surface area contributed by atoms with Crippen LogP contribution in [0.25, 0.3) is 6.08 Å². The van der Waals surface area contributed by atoms with Crippen molar-refractivity contribution in [3.63, 3.8) is 0 Å². The highest BCUT2D eigenvalue weighted by molar-refractivity contribution is 6.02. The summed E-state index contributed by atoms with van der Waals surface area (Å²) in [6.07, 6.45) is 4.33. The second-order valence-corrected chi connectivity index (χ2v) is 5.43. The van der Waals surface area contributed by atoms with Crippen LogP contribution in [0.4, 0.5) is 5.69 Å². The van der Waals surface area contributed by atoms with Crippen LogP contribution >= 0.6 is 0 Å². The van der Waals surface area contributed by atoms with Gasteiger partial charge in [-0.15, -0.1) is 0 Å². The highest BCUT2D eigenvalue weighted by Crippen LogP contribution is 2.20. The molecule has 0 spiro atoms. The summed E-state index contributed by atoms with van der Waals surface area (Å²) in [6.45, 7) is 2.96. The number of rotatable bonds is 9. The summed E-state index contributed by atoms with van der Waals surface area (Å²) in [4.78, 5) is 12.1. The third-order valence-corrected chi connectivity index (χ3v) is 3.44. The molecule has 2 aromatic carbocycles. The van der Waals surface area contributed by atoms with Gasteiger partial charge in [-0.1, -0.05) is 24.3 Å². The van der Waals surface area contributed by atoms with Crippen LogP contribution < -0.4 is 14.8 Å². The van der Waals surface area contributed by atoms with Crippen molar-refractivity contribution in [2.45, 2.75) is 19.8 Å². The molecule has 0 atom stereocenters. The lowest BCUT2D eigenvalue weighted by atomic mass is 10.2. The van der Waals surface area contributed by atoms with Crippen LogP contribution in [-0.4, -0.2) is 19.1 Å².